The number of aromatic nitrogens is 1. The Morgan fingerprint density at radius 1 is 1.67 bits per heavy atom. The zero-order valence-corrected chi connectivity index (χ0v) is 9.85. The van der Waals surface area contributed by atoms with Gasteiger partial charge < -0.3 is 15.6 Å². The van der Waals surface area contributed by atoms with Crippen molar-refractivity contribution in [1.82, 2.24) is 5.16 Å². The highest BCUT2D eigenvalue weighted by molar-refractivity contribution is 5.95. The molecule has 0 bridgehead atoms. The number of rotatable bonds is 3. The molecule has 1 atom stereocenters. The number of hydrogen-bond acceptors (Lipinski definition) is 4. The van der Waals surface area contributed by atoms with Gasteiger partial charge in [-0.1, -0.05) is 12.1 Å². The lowest BCUT2D eigenvalue weighted by atomic mass is 10.2. The first-order valence-corrected chi connectivity index (χ1v) is 4.57. The van der Waals surface area contributed by atoms with E-state index in [4.69, 9.17) is 10.3 Å². The Morgan fingerprint density at radius 2 is 2.27 bits per heavy atom. The van der Waals surface area contributed by atoms with E-state index in [9.17, 15) is 4.79 Å². The molecule has 0 aliphatic heterocycles. The van der Waals surface area contributed by atoms with Crippen LogP contribution in [0.3, 0.4) is 0 Å². The van der Waals surface area contributed by atoms with Crippen molar-refractivity contribution in [1.29, 1.82) is 0 Å². The number of halogens is 1. The summed E-state index contributed by atoms with van der Waals surface area (Å²) >= 11 is 0. The summed E-state index contributed by atoms with van der Waals surface area (Å²) in [4.78, 5) is 11.3. The molecule has 3 N–H and O–H groups in total. The van der Waals surface area contributed by atoms with Crippen molar-refractivity contribution in [2.75, 3.05) is 5.32 Å². The molecule has 6 heteroatoms. The molecule has 1 rings (SSSR count). The van der Waals surface area contributed by atoms with Crippen molar-refractivity contribution < 1.29 is 9.32 Å². The third-order valence-electron chi connectivity index (χ3n) is 1.93. The monoisotopic (exact) mass is 233 g/mol. The summed E-state index contributed by atoms with van der Waals surface area (Å²) in [5.74, 6) is 0.377. The van der Waals surface area contributed by atoms with E-state index in [-0.39, 0.29) is 18.3 Å². The first-order chi connectivity index (χ1) is 6.56. The summed E-state index contributed by atoms with van der Waals surface area (Å²) in [7, 11) is 0. The molecule has 0 spiro atoms. The van der Waals surface area contributed by atoms with Gasteiger partial charge in [0.15, 0.2) is 5.76 Å². The average molecular weight is 234 g/mol. The smallest absolute Gasteiger partial charge is 0.241 e. The van der Waals surface area contributed by atoms with Crippen molar-refractivity contribution in [2.24, 2.45) is 5.73 Å². The van der Waals surface area contributed by atoms with Crippen molar-refractivity contribution in [3.05, 3.63) is 11.5 Å². The molecule has 1 amide bonds. The number of nitrogens with one attached hydrogen (secondary N) is 1. The average Bonchev–Trinajstić information content (AvgIpc) is 2.47. The van der Waals surface area contributed by atoms with Gasteiger partial charge in [0, 0.05) is 0 Å². The molecule has 15 heavy (non-hydrogen) atoms. The van der Waals surface area contributed by atoms with Crippen LogP contribution in [0.15, 0.2) is 4.52 Å². The van der Waals surface area contributed by atoms with Gasteiger partial charge in [-0.25, -0.2) is 0 Å². The SMILES string of the molecule is CCc1noc(C)c1NC(=O)[C@@H](C)N.Cl. The van der Waals surface area contributed by atoms with Gasteiger partial charge in [-0.3, -0.25) is 4.79 Å². The van der Waals surface area contributed by atoms with Gasteiger partial charge in [0.1, 0.15) is 11.4 Å². The summed E-state index contributed by atoms with van der Waals surface area (Å²) in [6.07, 6.45) is 0.714. The van der Waals surface area contributed by atoms with Crippen LogP contribution in [0.1, 0.15) is 25.3 Å². The summed E-state index contributed by atoms with van der Waals surface area (Å²) in [5, 5.41) is 6.51. The molecule has 1 heterocycles. The maximum Gasteiger partial charge on any atom is 0.241 e. The van der Waals surface area contributed by atoms with Crippen LogP contribution in [0, 0.1) is 6.92 Å². The highest BCUT2D eigenvalue weighted by Gasteiger charge is 2.15. The van der Waals surface area contributed by atoms with Crippen LogP contribution in [0.2, 0.25) is 0 Å². The molecule has 0 aliphatic carbocycles. The van der Waals surface area contributed by atoms with Crippen molar-refractivity contribution >= 4 is 24.0 Å². The molecule has 0 aliphatic rings. The molecule has 0 saturated heterocycles. The van der Waals surface area contributed by atoms with Gasteiger partial charge in [-0.15, -0.1) is 12.4 Å². The van der Waals surface area contributed by atoms with Gasteiger partial charge in [0.25, 0.3) is 0 Å². The van der Waals surface area contributed by atoms with Gasteiger partial charge in [0.2, 0.25) is 5.91 Å². The van der Waals surface area contributed by atoms with Crippen LogP contribution in [0.25, 0.3) is 0 Å². The quantitative estimate of drug-likeness (QED) is 0.824. The predicted octanol–water partition coefficient (Wildman–Crippen LogP) is 1.25. The van der Waals surface area contributed by atoms with E-state index in [1.54, 1.807) is 13.8 Å². The van der Waals surface area contributed by atoms with Crippen LogP contribution >= 0.6 is 12.4 Å². The van der Waals surface area contributed by atoms with E-state index < -0.39 is 6.04 Å². The number of hydrogen-bond donors (Lipinski definition) is 2. The second kappa shape index (κ2) is 5.72. The zero-order chi connectivity index (χ0) is 10.7. The molecule has 0 aromatic carbocycles. The number of carbonyl (C=O) groups excluding carboxylic acids is 1. The second-order valence-electron chi connectivity index (χ2n) is 3.19. The molecule has 1 aromatic rings. The molecule has 0 radical (unpaired) electrons. The number of nitrogens with two attached hydrogens (primary N) is 1. The van der Waals surface area contributed by atoms with Crippen LogP contribution in [-0.4, -0.2) is 17.1 Å². The number of nitrogens with zero attached hydrogens (tertiary/aromatic N) is 1. The van der Waals surface area contributed by atoms with E-state index in [0.717, 1.165) is 5.69 Å². The van der Waals surface area contributed by atoms with E-state index in [2.05, 4.69) is 10.5 Å². The van der Waals surface area contributed by atoms with Crippen molar-refractivity contribution in [3.63, 3.8) is 0 Å². The highest BCUT2D eigenvalue weighted by Crippen LogP contribution is 2.20. The topological polar surface area (TPSA) is 81.2 Å². The van der Waals surface area contributed by atoms with E-state index >= 15 is 0 Å². The Balaban J connectivity index is 0.00000196. The maximum atomic E-state index is 11.3. The van der Waals surface area contributed by atoms with Gasteiger partial charge in [-0.2, -0.15) is 0 Å². The lowest BCUT2D eigenvalue weighted by molar-refractivity contribution is -0.117. The fourth-order valence-electron chi connectivity index (χ4n) is 1.06. The third kappa shape index (κ3) is 3.21. The molecule has 0 unspecified atom stereocenters. The molecule has 86 valence electrons. The summed E-state index contributed by atoms with van der Waals surface area (Å²) in [6, 6.07) is -0.533. The standard InChI is InChI=1S/C9H15N3O2.ClH/c1-4-7-8(6(3)14-12-7)11-9(13)5(2)10;/h5H,4,10H2,1-3H3,(H,11,13);1H/t5-;/m1./s1. The highest BCUT2D eigenvalue weighted by atomic mass is 35.5. The Bertz CT molecular complexity index is 336. The number of aryl methyl sites for hydroxylation is 2. The minimum Gasteiger partial charge on any atom is -0.359 e. The lowest BCUT2D eigenvalue weighted by Crippen LogP contribution is -2.32. The van der Waals surface area contributed by atoms with Crippen LogP contribution in [0.5, 0.6) is 0 Å². The summed E-state index contributed by atoms with van der Waals surface area (Å²) in [6.45, 7) is 5.32. The molecular weight excluding hydrogens is 218 g/mol. The fraction of sp³-hybridized carbons (Fsp3) is 0.556. The van der Waals surface area contributed by atoms with Gasteiger partial charge in [0.05, 0.1) is 6.04 Å². The molecule has 0 fully saturated rings. The Hall–Kier alpha value is -1.07. The predicted molar refractivity (Wildman–Crippen MR) is 60.1 cm³/mol. The summed E-state index contributed by atoms with van der Waals surface area (Å²) < 4.78 is 4.96. The van der Waals surface area contributed by atoms with E-state index in [1.165, 1.54) is 0 Å². The number of anilines is 1. The third-order valence-corrected chi connectivity index (χ3v) is 1.93. The van der Waals surface area contributed by atoms with Crippen LogP contribution in [-0.2, 0) is 11.2 Å². The maximum absolute atomic E-state index is 11.3. The van der Waals surface area contributed by atoms with Gasteiger partial charge in [-0.05, 0) is 20.3 Å². The van der Waals surface area contributed by atoms with Crippen molar-refractivity contribution in [2.45, 2.75) is 33.2 Å². The van der Waals surface area contributed by atoms with Crippen LogP contribution in [0.4, 0.5) is 5.69 Å². The number of amides is 1. The zero-order valence-electron chi connectivity index (χ0n) is 9.03. The molecular formula is C9H16ClN3O2. The Labute approximate surface area is 94.8 Å². The summed E-state index contributed by atoms with van der Waals surface area (Å²) in [5.41, 5.74) is 6.83. The fourth-order valence-corrected chi connectivity index (χ4v) is 1.06. The lowest BCUT2D eigenvalue weighted by Gasteiger charge is -2.06. The van der Waals surface area contributed by atoms with E-state index in [1.807, 2.05) is 6.92 Å². The van der Waals surface area contributed by atoms with Crippen molar-refractivity contribution in [3.8, 4) is 0 Å². The largest absolute Gasteiger partial charge is 0.359 e. The minimum atomic E-state index is -0.533. The first kappa shape index (κ1) is 13.9. The molecule has 0 saturated carbocycles. The Kier molecular flexibility index (Phi) is 5.32. The van der Waals surface area contributed by atoms with Crippen LogP contribution < -0.4 is 11.1 Å². The second-order valence-corrected chi connectivity index (χ2v) is 3.19. The molecule has 1 aromatic heterocycles. The van der Waals surface area contributed by atoms with Gasteiger partial charge >= 0.3 is 0 Å². The Morgan fingerprint density at radius 3 is 2.73 bits per heavy atom. The first-order valence-electron chi connectivity index (χ1n) is 4.57. The molecule has 5 nitrogen and oxygen atoms in total. The minimum absolute atomic E-state index is 0. The normalized spacial score (nSPS) is 11.7. The van der Waals surface area contributed by atoms with E-state index in [0.29, 0.717) is 17.9 Å². The number of carbonyl (C=O) groups is 1.